The lowest BCUT2D eigenvalue weighted by atomic mass is 9.81. The van der Waals surface area contributed by atoms with Crippen molar-refractivity contribution in [1.82, 2.24) is 9.97 Å². The molecule has 1 aromatic carbocycles. The fraction of sp³-hybridized carbons (Fsp3) is 0.421. The summed E-state index contributed by atoms with van der Waals surface area (Å²) in [5.74, 6) is 0.414. The lowest BCUT2D eigenvalue weighted by molar-refractivity contribution is -0.125. The zero-order valence-corrected chi connectivity index (χ0v) is 15.1. The maximum atomic E-state index is 12.7. The van der Waals surface area contributed by atoms with E-state index < -0.39 is 5.41 Å². The van der Waals surface area contributed by atoms with Crippen LogP contribution in [-0.4, -0.2) is 22.4 Å². The van der Waals surface area contributed by atoms with Gasteiger partial charge in [-0.3, -0.25) is 9.59 Å². The zero-order chi connectivity index (χ0) is 18.4. The molecule has 6 nitrogen and oxygen atoms in total. The molecular weight excluding hydrogens is 316 g/mol. The summed E-state index contributed by atoms with van der Waals surface area (Å²) in [6.45, 7) is 6.19. The minimum absolute atomic E-state index is 0.0825. The Balaban J connectivity index is 2.32. The van der Waals surface area contributed by atoms with Crippen molar-refractivity contribution in [3.05, 3.63) is 46.4 Å². The molecule has 0 unspecified atom stereocenters. The van der Waals surface area contributed by atoms with Gasteiger partial charge in [0, 0.05) is 29.6 Å². The third-order valence-electron chi connectivity index (χ3n) is 4.78. The molecule has 0 bridgehead atoms. The summed E-state index contributed by atoms with van der Waals surface area (Å²) in [6.07, 6.45) is 2.04. The molecule has 0 saturated heterocycles. The van der Waals surface area contributed by atoms with Crippen LogP contribution in [0.3, 0.4) is 0 Å². The lowest BCUT2D eigenvalue weighted by Crippen LogP contribution is -2.41. The molecule has 0 saturated carbocycles. The molecule has 0 fully saturated rings. The highest BCUT2D eigenvalue weighted by molar-refractivity contribution is 5.95. The molecule has 0 radical (unpaired) electrons. The van der Waals surface area contributed by atoms with Crippen LogP contribution in [0, 0.1) is 5.41 Å². The average Bonchev–Trinajstić information content (AvgIpc) is 2.63. The van der Waals surface area contributed by atoms with Crippen LogP contribution < -0.4 is 16.6 Å². The highest BCUT2D eigenvalue weighted by Crippen LogP contribution is 2.27. The maximum Gasteiger partial charge on any atom is 0.251 e. The molecule has 134 valence electrons. The molecule has 6 heteroatoms. The Morgan fingerprint density at radius 2 is 1.96 bits per heavy atom. The van der Waals surface area contributed by atoms with Crippen molar-refractivity contribution in [1.29, 1.82) is 0 Å². The Labute approximate surface area is 147 Å². The number of carbonyl (C=O) groups is 1. The van der Waals surface area contributed by atoms with E-state index in [-0.39, 0.29) is 11.5 Å². The highest BCUT2D eigenvalue weighted by atomic mass is 16.2. The summed E-state index contributed by atoms with van der Waals surface area (Å²) < 4.78 is 0. The predicted octanol–water partition coefficient (Wildman–Crippen LogP) is 2.70. The second-order valence-corrected chi connectivity index (χ2v) is 6.17. The van der Waals surface area contributed by atoms with Crippen LogP contribution in [0.15, 0.2) is 35.1 Å². The SMILES string of the molecule is CCc1cc(=O)[nH]c(-c2cccc(NC(=O)C(CC)(CC)CN)c2)n1. The molecule has 1 heterocycles. The number of hydrogen-bond donors (Lipinski definition) is 3. The van der Waals surface area contributed by atoms with Crippen molar-refractivity contribution in [2.45, 2.75) is 40.0 Å². The van der Waals surface area contributed by atoms with E-state index in [0.29, 0.717) is 37.3 Å². The maximum absolute atomic E-state index is 12.7. The van der Waals surface area contributed by atoms with Crippen molar-refractivity contribution in [3.8, 4) is 11.4 Å². The van der Waals surface area contributed by atoms with Gasteiger partial charge in [-0.05, 0) is 31.4 Å². The summed E-state index contributed by atoms with van der Waals surface area (Å²) in [5.41, 5.74) is 7.23. The first kappa shape index (κ1) is 18.9. The van der Waals surface area contributed by atoms with E-state index in [1.807, 2.05) is 45.0 Å². The van der Waals surface area contributed by atoms with Crippen LogP contribution in [0.25, 0.3) is 11.4 Å². The van der Waals surface area contributed by atoms with Gasteiger partial charge in [0.2, 0.25) is 5.91 Å². The van der Waals surface area contributed by atoms with Gasteiger partial charge >= 0.3 is 0 Å². The fourth-order valence-corrected chi connectivity index (χ4v) is 2.79. The molecule has 0 atom stereocenters. The van der Waals surface area contributed by atoms with E-state index in [0.717, 1.165) is 11.3 Å². The molecule has 0 spiro atoms. The summed E-state index contributed by atoms with van der Waals surface area (Å²) in [7, 11) is 0. The summed E-state index contributed by atoms with van der Waals surface area (Å²) in [4.78, 5) is 31.6. The predicted molar refractivity (Wildman–Crippen MR) is 100 cm³/mol. The number of nitrogens with two attached hydrogens (primary N) is 1. The molecule has 4 N–H and O–H groups in total. The van der Waals surface area contributed by atoms with Gasteiger partial charge in [-0.25, -0.2) is 4.98 Å². The molecule has 0 aliphatic carbocycles. The number of benzene rings is 1. The van der Waals surface area contributed by atoms with Crippen LogP contribution in [0.5, 0.6) is 0 Å². The Morgan fingerprint density at radius 1 is 1.24 bits per heavy atom. The zero-order valence-electron chi connectivity index (χ0n) is 15.1. The first-order valence-corrected chi connectivity index (χ1v) is 8.70. The second-order valence-electron chi connectivity index (χ2n) is 6.17. The molecule has 0 aliphatic rings. The molecule has 2 rings (SSSR count). The summed E-state index contributed by atoms with van der Waals surface area (Å²) in [6, 6.07) is 8.79. The van der Waals surface area contributed by atoms with E-state index in [1.165, 1.54) is 6.07 Å². The number of aromatic amines is 1. The topological polar surface area (TPSA) is 101 Å². The number of H-pyrrole nitrogens is 1. The smallest absolute Gasteiger partial charge is 0.251 e. The van der Waals surface area contributed by atoms with Gasteiger partial charge in [0.15, 0.2) is 0 Å². The van der Waals surface area contributed by atoms with Crippen molar-refractivity contribution in [2.75, 3.05) is 11.9 Å². The van der Waals surface area contributed by atoms with Gasteiger partial charge in [-0.1, -0.05) is 32.9 Å². The Hall–Kier alpha value is -2.47. The van der Waals surface area contributed by atoms with E-state index in [2.05, 4.69) is 15.3 Å². The van der Waals surface area contributed by atoms with Gasteiger partial charge in [0.1, 0.15) is 5.82 Å². The minimum Gasteiger partial charge on any atom is -0.329 e. The Morgan fingerprint density at radius 3 is 2.56 bits per heavy atom. The normalized spacial score (nSPS) is 11.4. The van der Waals surface area contributed by atoms with Crippen LogP contribution >= 0.6 is 0 Å². The van der Waals surface area contributed by atoms with Crippen molar-refractivity contribution < 1.29 is 4.79 Å². The van der Waals surface area contributed by atoms with Crippen LogP contribution in [-0.2, 0) is 11.2 Å². The number of nitrogens with zero attached hydrogens (tertiary/aromatic N) is 1. The number of amides is 1. The molecule has 1 aromatic heterocycles. The van der Waals surface area contributed by atoms with E-state index in [4.69, 9.17) is 5.73 Å². The van der Waals surface area contributed by atoms with Crippen molar-refractivity contribution in [2.24, 2.45) is 11.1 Å². The first-order valence-electron chi connectivity index (χ1n) is 8.70. The second kappa shape index (κ2) is 8.07. The van der Waals surface area contributed by atoms with Gasteiger partial charge in [-0.15, -0.1) is 0 Å². The Kier molecular flexibility index (Phi) is 6.09. The monoisotopic (exact) mass is 342 g/mol. The number of aryl methyl sites for hydroxylation is 1. The van der Waals surface area contributed by atoms with Gasteiger partial charge < -0.3 is 16.0 Å². The molecule has 1 amide bonds. The third kappa shape index (κ3) is 4.14. The van der Waals surface area contributed by atoms with Gasteiger partial charge in [0.25, 0.3) is 5.56 Å². The Bertz CT molecular complexity index is 786. The van der Waals surface area contributed by atoms with Crippen LogP contribution in [0.2, 0.25) is 0 Å². The van der Waals surface area contributed by atoms with Crippen molar-refractivity contribution >= 4 is 11.6 Å². The van der Waals surface area contributed by atoms with Crippen molar-refractivity contribution in [3.63, 3.8) is 0 Å². The van der Waals surface area contributed by atoms with Gasteiger partial charge in [0.05, 0.1) is 5.41 Å². The van der Waals surface area contributed by atoms with Crippen LogP contribution in [0.4, 0.5) is 5.69 Å². The molecule has 0 aliphatic heterocycles. The minimum atomic E-state index is -0.565. The number of rotatable bonds is 7. The summed E-state index contributed by atoms with van der Waals surface area (Å²) >= 11 is 0. The third-order valence-corrected chi connectivity index (χ3v) is 4.78. The van der Waals surface area contributed by atoms with E-state index in [9.17, 15) is 9.59 Å². The van der Waals surface area contributed by atoms with E-state index in [1.54, 1.807) is 0 Å². The standard InChI is InChI=1S/C19H26N4O2/c1-4-14-11-16(24)23-17(21-14)13-8-7-9-15(10-13)22-18(25)19(5-2,6-3)12-20/h7-11H,4-6,12,20H2,1-3H3,(H,22,25)(H,21,23,24). The number of nitrogens with one attached hydrogen (secondary N) is 2. The molecule has 2 aromatic rings. The fourth-order valence-electron chi connectivity index (χ4n) is 2.79. The number of carbonyl (C=O) groups excluding carboxylic acids is 1. The number of anilines is 1. The highest BCUT2D eigenvalue weighted by Gasteiger charge is 2.33. The lowest BCUT2D eigenvalue weighted by Gasteiger charge is -2.28. The largest absolute Gasteiger partial charge is 0.329 e. The number of aromatic nitrogens is 2. The first-order chi connectivity index (χ1) is 12.0. The summed E-state index contributed by atoms with van der Waals surface area (Å²) in [5, 5.41) is 2.95. The van der Waals surface area contributed by atoms with Crippen LogP contribution in [0.1, 0.15) is 39.3 Å². The van der Waals surface area contributed by atoms with E-state index >= 15 is 0 Å². The number of hydrogen-bond acceptors (Lipinski definition) is 4. The average molecular weight is 342 g/mol. The quantitative estimate of drug-likeness (QED) is 0.720. The molecule has 25 heavy (non-hydrogen) atoms. The van der Waals surface area contributed by atoms with Gasteiger partial charge in [-0.2, -0.15) is 0 Å². The molecular formula is C19H26N4O2.